The van der Waals surface area contributed by atoms with Crippen LogP contribution in [0.25, 0.3) is 0 Å². The van der Waals surface area contributed by atoms with Crippen LogP contribution < -0.4 is 10.6 Å². The van der Waals surface area contributed by atoms with Crippen molar-refractivity contribution >= 4 is 29.5 Å². The van der Waals surface area contributed by atoms with Gasteiger partial charge in [-0.3, -0.25) is 14.4 Å². The Morgan fingerprint density at radius 3 is 2.54 bits per heavy atom. The van der Waals surface area contributed by atoms with Gasteiger partial charge in [0.15, 0.2) is 0 Å². The van der Waals surface area contributed by atoms with E-state index in [2.05, 4.69) is 31.4 Å². The number of rotatable bonds is 10. The fraction of sp³-hybridized carbons (Fsp3) is 0.667. The molecule has 7 nitrogen and oxygen atoms in total. The molecule has 3 amide bonds. The van der Waals surface area contributed by atoms with Crippen LogP contribution in [0, 0.1) is 23.7 Å². The van der Waals surface area contributed by atoms with Gasteiger partial charge >= 0.3 is 0 Å². The summed E-state index contributed by atoms with van der Waals surface area (Å²) in [4.78, 5) is 42.9. The molecule has 0 radical (unpaired) electrons. The Balaban J connectivity index is 1.71. The number of thioether (sulfide) groups is 1. The summed E-state index contributed by atoms with van der Waals surface area (Å²) in [5.41, 5.74) is 0.986. The van der Waals surface area contributed by atoms with Crippen molar-refractivity contribution in [3.8, 4) is 0 Å². The quantitative estimate of drug-likeness (QED) is 0.458. The molecule has 0 aromatic heterocycles. The van der Waals surface area contributed by atoms with Crippen molar-refractivity contribution in [3.63, 3.8) is 0 Å². The molecule has 192 valence electrons. The maximum absolute atomic E-state index is 14.1. The van der Waals surface area contributed by atoms with Crippen molar-refractivity contribution in [3.05, 3.63) is 35.9 Å². The number of fused-ring (bicyclic) bond motifs is 1. The lowest BCUT2D eigenvalue weighted by molar-refractivity contribution is -0.143. The Hall–Kier alpha value is -2.06. The van der Waals surface area contributed by atoms with E-state index in [0.717, 1.165) is 18.4 Å². The smallest absolute Gasteiger partial charge is 0.244 e. The van der Waals surface area contributed by atoms with Gasteiger partial charge in [-0.05, 0) is 36.7 Å². The second-order valence-corrected chi connectivity index (χ2v) is 12.3. The monoisotopic (exact) mass is 501 g/mol. The van der Waals surface area contributed by atoms with Crippen LogP contribution in [0.4, 0.5) is 0 Å². The zero-order chi connectivity index (χ0) is 25.3. The number of carbonyl (C=O) groups is 3. The van der Waals surface area contributed by atoms with Gasteiger partial charge in [0.2, 0.25) is 17.7 Å². The first-order chi connectivity index (χ1) is 16.8. The number of amides is 3. The standard InChI is InChI=1S/C27H39N3O4S/c1-5-11-28-24(32)21-20-13-17(4)27(35-20)22(21)26(34)30(19(15-31)12-16(2)3)23(27)25(33)29-14-18-9-7-6-8-10-18/h6-10,16-17,19-23,31H,5,11-15H2,1-4H3,(H,28,32)(H,29,33)/t17?,19-,20-,21+,22+,23?,27?/m1/s1. The van der Waals surface area contributed by atoms with Gasteiger partial charge in [0, 0.05) is 18.3 Å². The van der Waals surface area contributed by atoms with Gasteiger partial charge in [0.05, 0.1) is 29.2 Å². The molecular weight excluding hydrogens is 462 g/mol. The van der Waals surface area contributed by atoms with Gasteiger partial charge in [-0.2, -0.15) is 0 Å². The van der Waals surface area contributed by atoms with Crippen molar-refractivity contribution in [1.29, 1.82) is 0 Å². The largest absolute Gasteiger partial charge is 0.394 e. The summed E-state index contributed by atoms with van der Waals surface area (Å²) in [7, 11) is 0. The van der Waals surface area contributed by atoms with E-state index in [0.29, 0.717) is 19.5 Å². The number of aliphatic hydroxyl groups is 1. The van der Waals surface area contributed by atoms with Gasteiger partial charge in [-0.15, -0.1) is 11.8 Å². The van der Waals surface area contributed by atoms with Crippen LogP contribution in [0.2, 0.25) is 0 Å². The highest BCUT2D eigenvalue weighted by Crippen LogP contribution is 2.68. The molecule has 1 spiro atoms. The summed E-state index contributed by atoms with van der Waals surface area (Å²) in [5.74, 6) is -1.06. The van der Waals surface area contributed by atoms with Gasteiger partial charge in [0.1, 0.15) is 6.04 Å². The molecule has 0 saturated carbocycles. The molecule has 2 bridgehead atoms. The lowest BCUT2D eigenvalue weighted by Gasteiger charge is -2.40. The molecule has 7 atom stereocenters. The number of hydrogen-bond donors (Lipinski definition) is 3. The summed E-state index contributed by atoms with van der Waals surface area (Å²) in [6, 6.07) is 8.55. The fourth-order valence-electron chi connectivity index (χ4n) is 6.52. The maximum atomic E-state index is 14.1. The number of aliphatic hydroxyl groups excluding tert-OH is 1. The number of hydrogen-bond acceptors (Lipinski definition) is 5. The molecular formula is C27H39N3O4S. The van der Waals surface area contributed by atoms with Gasteiger partial charge < -0.3 is 20.6 Å². The molecule has 1 aromatic rings. The van der Waals surface area contributed by atoms with Crippen molar-refractivity contribution in [1.82, 2.24) is 15.5 Å². The lowest BCUT2D eigenvalue weighted by atomic mass is 9.66. The minimum Gasteiger partial charge on any atom is -0.394 e. The van der Waals surface area contributed by atoms with Crippen LogP contribution in [0.1, 0.15) is 52.5 Å². The van der Waals surface area contributed by atoms with E-state index in [-0.39, 0.29) is 41.4 Å². The second kappa shape index (κ2) is 10.5. The van der Waals surface area contributed by atoms with Crippen molar-refractivity contribution in [2.75, 3.05) is 13.2 Å². The first-order valence-corrected chi connectivity index (χ1v) is 13.8. The number of carbonyl (C=O) groups excluding carboxylic acids is 3. The van der Waals surface area contributed by atoms with E-state index in [4.69, 9.17) is 0 Å². The van der Waals surface area contributed by atoms with E-state index in [1.165, 1.54) is 0 Å². The summed E-state index contributed by atoms with van der Waals surface area (Å²) in [6.45, 7) is 8.97. The van der Waals surface area contributed by atoms with Crippen LogP contribution in [0.15, 0.2) is 30.3 Å². The number of nitrogens with zero attached hydrogens (tertiary/aromatic N) is 1. The minimum absolute atomic E-state index is 0.0278. The molecule has 3 heterocycles. The van der Waals surface area contributed by atoms with Crippen molar-refractivity contribution in [2.45, 2.75) is 75.6 Å². The Labute approximate surface area is 212 Å². The van der Waals surface area contributed by atoms with E-state index >= 15 is 0 Å². The van der Waals surface area contributed by atoms with Crippen LogP contribution in [-0.2, 0) is 20.9 Å². The van der Waals surface area contributed by atoms with Gasteiger partial charge in [-0.25, -0.2) is 0 Å². The second-order valence-electron chi connectivity index (χ2n) is 10.8. The summed E-state index contributed by atoms with van der Waals surface area (Å²) < 4.78 is -0.666. The van der Waals surface area contributed by atoms with Crippen LogP contribution in [-0.4, -0.2) is 63.0 Å². The number of benzene rings is 1. The molecule has 8 heteroatoms. The molecule has 35 heavy (non-hydrogen) atoms. The molecule has 0 aliphatic carbocycles. The predicted octanol–water partition coefficient (Wildman–Crippen LogP) is 2.57. The van der Waals surface area contributed by atoms with Crippen molar-refractivity contribution < 1.29 is 19.5 Å². The lowest BCUT2D eigenvalue weighted by Crippen LogP contribution is -2.58. The number of nitrogens with one attached hydrogen (secondary N) is 2. The Morgan fingerprint density at radius 2 is 1.91 bits per heavy atom. The van der Waals surface area contributed by atoms with Gasteiger partial charge in [0.25, 0.3) is 0 Å². The Bertz CT molecular complexity index is 942. The first-order valence-electron chi connectivity index (χ1n) is 13.0. The maximum Gasteiger partial charge on any atom is 0.244 e. The van der Waals surface area contributed by atoms with E-state index in [9.17, 15) is 19.5 Å². The van der Waals surface area contributed by atoms with Crippen LogP contribution >= 0.6 is 11.8 Å². The predicted molar refractivity (Wildman–Crippen MR) is 137 cm³/mol. The average molecular weight is 502 g/mol. The molecule has 1 aromatic carbocycles. The van der Waals surface area contributed by atoms with Gasteiger partial charge in [-0.1, -0.05) is 58.0 Å². The summed E-state index contributed by atoms with van der Waals surface area (Å²) in [5, 5.41) is 16.5. The van der Waals surface area contributed by atoms with E-state index < -0.39 is 28.7 Å². The average Bonchev–Trinajstić information content (AvgIpc) is 3.43. The molecule has 3 N–H and O–H groups in total. The fourth-order valence-corrected chi connectivity index (χ4v) is 8.93. The zero-order valence-corrected chi connectivity index (χ0v) is 22.0. The molecule has 3 aliphatic heterocycles. The third kappa shape index (κ3) is 4.48. The molecule has 3 unspecified atom stereocenters. The highest BCUT2D eigenvalue weighted by Gasteiger charge is 2.76. The van der Waals surface area contributed by atoms with Crippen LogP contribution in [0.5, 0.6) is 0 Å². The topological polar surface area (TPSA) is 98.7 Å². The van der Waals surface area contributed by atoms with E-state index in [1.807, 2.05) is 37.3 Å². The zero-order valence-electron chi connectivity index (χ0n) is 21.2. The minimum atomic E-state index is -0.714. The van der Waals surface area contributed by atoms with E-state index in [1.54, 1.807) is 16.7 Å². The molecule has 3 fully saturated rings. The third-order valence-electron chi connectivity index (χ3n) is 7.94. The normalized spacial score (nSPS) is 32.1. The molecule has 3 saturated heterocycles. The SMILES string of the molecule is CCCNC(=O)[C@@H]1[C@H]2C(=O)N([C@@H](CO)CC(C)C)C(C(=O)NCc3ccccc3)C23S[C@@H]1CC3C. The number of likely N-dealkylation sites (tertiary alicyclic amines) is 1. The Kier molecular flexibility index (Phi) is 7.81. The highest BCUT2D eigenvalue weighted by molar-refractivity contribution is 8.02. The molecule has 3 aliphatic rings. The first kappa shape index (κ1) is 26.0. The summed E-state index contributed by atoms with van der Waals surface area (Å²) >= 11 is 1.67. The van der Waals surface area contributed by atoms with Crippen molar-refractivity contribution in [2.24, 2.45) is 23.7 Å². The highest BCUT2D eigenvalue weighted by atomic mass is 32.2. The molecule has 4 rings (SSSR count). The summed E-state index contributed by atoms with van der Waals surface area (Å²) in [6.07, 6.45) is 2.24. The van der Waals surface area contributed by atoms with Crippen LogP contribution in [0.3, 0.4) is 0 Å². The Morgan fingerprint density at radius 1 is 1.20 bits per heavy atom. The third-order valence-corrected chi connectivity index (χ3v) is 10.0.